The molecule has 2 aromatic rings. The molecule has 0 amide bonds. The van der Waals surface area contributed by atoms with Gasteiger partial charge >= 0.3 is 6.18 Å². The summed E-state index contributed by atoms with van der Waals surface area (Å²) in [5.74, 6) is -0.164. The highest BCUT2D eigenvalue weighted by Crippen LogP contribution is 2.27. The van der Waals surface area contributed by atoms with E-state index in [1.165, 1.54) is 12.2 Å². The van der Waals surface area contributed by atoms with Crippen molar-refractivity contribution in [1.29, 1.82) is 0 Å². The molecule has 0 aromatic carbocycles. The predicted octanol–water partition coefficient (Wildman–Crippen LogP) is 5.88. The third kappa shape index (κ3) is 6.80. The number of ether oxygens (including phenoxy) is 2. The summed E-state index contributed by atoms with van der Waals surface area (Å²) in [6.45, 7) is 4.84. The molecule has 0 bridgehead atoms. The van der Waals surface area contributed by atoms with Crippen LogP contribution < -0.4 is 0 Å². The Bertz CT molecular complexity index is 851. The summed E-state index contributed by atoms with van der Waals surface area (Å²) in [4.78, 5) is 8.60. The van der Waals surface area contributed by atoms with Crippen LogP contribution in [0.15, 0.2) is 36.2 Å². The summed E-state index contributed by atoms with van der Waals surface area (Å²) in [6.07, 6.45) is 1.03. The molecule has 0 radical (unpaired) electrons. The first-order chi connectivity index (χ1) is 13.3. The van der Waals surface area contributed by atoms with Crippen molar-refractivity contribution >= 4 is 28.6 Å². The molecule has 0 aliphatic rings. The highest BCUT2D eigenvalue weighted by molar-refractivity contribution is 6.34. The standard InChI is InChI=1S/C20H22ClF3N2O2/c1-3-27-11-6-12-28-15(13-20(22,23)24)7-4-9-17-14(2)18-16(19(21)26-17)8-5-10-25-18/h4-5,7-10H,3,6,11-13H2,1-2H3. The third-order valence-electron chi connectivity index (χ3n) is 3.82. The number of hydrogen-bond donors (Lipinski definition) is 0. The van der Waals surface area contributed by atoms with Crippen LogP contribution in [0.2, 0.25) is 5.15 Å². The Kier molecular flexibility index (Phi) is 8.26. The molecule has 2 rings (SSSR count). The maximum Gasteiger partial charge on any atom is 0.396 e. The zero-order valence-electron chi connectivity index (χ0n) is 15.7. The quantitative estimate of drug-likeness (QED) is 0.222. The van der Waals surface area contributed by atoms with Crippen LogP contribution in [-0.4, -0.2) is 36.0 Å². The molecule has 152 valence electrons. The maximum atomic E-state index is 12.8. The summed E-state index contributed by atoms with van der Waals surface area (Å²) in [5, 5.41) is 1.02. The molecule has 4 nitrogen and oxygen atoms in total. The second kappa shape index (κ2) is 10.4. The molecule has 0 fully saturated rings. The fourth-order valence-corrected chi connectivity index (χ4v) is 2.76. The topological polar surface area (TPSA) is 44.2 Å². The minimum Gasteiger partial charge on any atom is -0.497 e. The SMILES string of the molecule is CCOCCCOC(=CC=Cc1nc(Cl)c2cccnc2c1C)CC(F)(F)F. The smallest absolute Gasteiger partial charge is 0.396 e. The Morgan fingerprint density at radius 1 is 1.29 bits per heavy atom. The summed E-state index contributed by atoms with van der Waals surface area (Å²) >= 11 is 6.19. The Hall–Kier alpha value is -2.12. The summed E-state index contributed by atoms with van der Waals surface area (Å²) in [5.41, 5.74) is 2.03. The van der Waals surface area contributed by atoms with Crippen LogP contribution in [0.5, 0.6) is 0 Å². The van der Waals surface area contributed by atoms with Gasteiger partial charge in [0.1, 0.15) is 17.3 Å². The van der Waals surface area contributed by atoms with Gasteiger partial charge in [-0.05, 0) is 38.1 Å². The molecule has 2 aromatic heterocycles. The van der Waals surface area contributed by atoms with Crippen molar-refractivity contribution in [1.82, 2.24) is 9.97 Å². The Balaban J connectivity index is 2.16. The van der Waals surface area contributed by atoms with Crippen molar-refractivity contribution in [2.24, 2.45) is 0 Å². The van der Waals surface area contributed by atoms with Crippen LogP contribution in [-0.2, 0) is 9.47 Å². The molecule has 0 atom stereocenters. The van der Waals surface area contributed by atoms with Gasteiger partial charge in [0, 0.05) is 36.8 Å². The average Bonchev–Trinajstić information content (AvgIpc) is 2.64. The van der Waals surface area contributed by atoms with Gasteiger partial charge in [-0.3, -0.25) is 4.98 Å². The molecule has 28 heavy (non-hydrogen) atoms. The highest BCUT2D eigenvalue weighted by atomic mass is 35.5. The lowest BCUT2D eigenvalue weighted by Gasteiger charge is -2.12. The second-order valence-electron chi connectivity index (χ2n) is 6.00. The fourth-order valence-electron chi connectivity index (χ4n) is 2.51. The average molecular weight is 415 g/mol. The number of allylic oxidation sites excluding steroid dienone is 3. The number of halogens is 4. The third-order valence-corrected chi connectivity index (χ3v) is 4.11. The maximum absolute atomic E-state index is 12.8. The van der Waals surface area contributed by atoms with E-state index >= 15 is 0 Å². The van der Waals surface area contributed by atoms with Crippen LogP contribution in [0.4, 0.5) is 13.2 Å². The minimum atomic E-state index is -4.36. The first kappa shape index (κ1) is 22.2. The van der Waals surface area contributed by atoms with E-state index in [0.717, 1.165) is 10.9 Å². The number of hydrogen-bond acceptors (Lipinski definition) is 4. The number of rotatable bonds is 9. The fraction of sp³-hybridized carbons (Fsp3) is 0.400. The van der Waals surface area contributed by atoms with Gasteiger partial charge in [0.25, 0.3) is 0 Å². The molecule has 2 heterocycles. The Morgan fingerprint density at radius 3 is 2.79 bits per heavy atom. The molecular weight excluding hydrogens is 393 g/mol. The number of aromatic nitrogens is 2. The number of fused-ring (bicyclic) bond motifs is 1. The first-order valence-corrected chi connectivity index (χ1v) is 9.25. The van der Waals surface area contributed by atoms with E-state index in [1.54, 1.807) is 18.3 Å². The zero-order chi connectivity index (χ0) is 20.6. The lowest BCUT2D eigenvalue weighted by atomic mass is 10.1. The molecule has 0 aliphatic heterocycles. The zero-order valence-corrected chi connectivity index (χ0v) is 16.5. The summed E-state index contributed by atoms with van der Waals surface area (Å²) in [7, 11) is 0. The Labute approximate surface area is 167 Å². The van der Waals surface area contributed by atoms with Crippen LogP contribution >= 0.6 is 11.6 Å². The summed E-state index contributed by atoms with van der Waals surface area (Å²) < 4.78 is 48.7. The summed E-state index contributed by atoms with van der Waals surface area (Å²) in [6, 6.07) is 3.58. The minimum absolute atomic E-state index is 0.152. The lowest BCUT2D eigenvalue weighted by Crippen LogP contribution is -2.11. The highest BCUT2D eigenvalue weighted by Gasteiger charge is 2.29. The molecule has 0 spiro atoms. The molecule has 0 aliphatic carbocycles. The van der Waals surface area contributed by atoms with Crippen molar-refractivity contribution in [3.05, 3.63) is 52.7 Å². The van der Waals surface area contributed by atoms with E-state index in [2.05, 4.69) is 9.97 Å². The van der Waals surface area contributed by atoms with Gasteiger partial charge in [0.05, 0.1) is 17.8 Å². The predicted molar refractivity (Wildman–Crippen MR) is 104 cm³/mol. The number of nitrogens with zero attached hydrogens (tertiary/aromatic N) is 2. The van der Waals surface area contributed by atoms with Gasteiger partial charge in [-0.25, -0.2) is 4.98 Å². The van der Waals surface area contributed by atoms with Crippen molar-refractivity contribution in [2.75, 3.05) is 19.8 Å². The van der Waals surface area contributed by atoms with Crippen LogP contribution in [0.25, 0.3) is 17.0 Å². The molecular formula is C20H22ClF3N2O2. The first-order valence-electron chi connectivity index (χ1n) is 8.87. The monoisotopic (exact) mass is 414 g/mol. The van der Waals surface area contributed by atoms with Crippen molar-refractivity contribution in [3.63, 3.8) is 0 Å². The van der Waals surface area contributed by atoms with E-state index in [9.17, 15) is 13.2 Å². The van der Waals surface area contributed by atoms with E-state index < -0.39 is 12.6 Å². The molecule has 0 N–H and O–H groups in total. The number of pyridine rings is 2. The molecule has 8 heteroatoms. The van der Waals surface area contributed by atoms with Gasteiger partial charge in [-0.1, -0.05) is 17.7 Å². The Morgan fingerprint density at radius 2 is 2.07 bits per heavy atom. The second-order valence-corrected chi connectivity index (χ2v) is 6.35. The van der Waals surface area contributed by atoms with Gasteiger partial charge in [0.2, 0.25) is 0 Å². The number of aryl methyl sites for hydroxylation is 1. The van der Waals surface area contributed by atoms with Gasteiger partial charge < -0.3 is 9.47 Å². The van der Waals surface area contributed by atoms with Gasteiger partial charge in [-0.2, -0.15) is 13.2 Å². The van der Waals surface area contributed by atoms with Gasteiger partial charge in [-0.15, -0.1) is 0 Å². The van der Waals surface area contributed by atoms with Crippen molar-refractivity contribution < 1.29 is 22.6 Å². The molecule has 0 saturated heterocycles. The van der Waals surface area contributed by atoms with E-state index in [-0.39, 0.29) is 12.4 Å². The van der Waals surface area contributed by atoms with Crippen molar-refractivity contribution in [3.8, 4) is 0 Å². The van der Waals surface area contributed by atoms with Crippen molar-refractivity contribution in [2.45, 2.75) is 32.9 Å². The lowest BCUT2D eigenvalue weighted by molar-refractivity contribution is -0.134. The molecule has 0 saturated carbocycles. The van der Waals surface area contributed by atoms with E-state index in [1.807, 2.05) is 19.9 Å². The van der Waals surface area contributed by atoms with Crippen LogP contribution in [0.1, 0.15) is 31.0 Å². The number of alkyl halides is 3. The normalized spacial score (nSPS) is 12.9. The van der Waals surface area contributed by atoms with Crippen LogP contribution in [0.3, 0.4) is 0 Å². The molecule has 0 unspecified atom stereocenters. The van der Waals surface area contributed by atoms with Crippen LogP contribution in [0, 0.1) is 6.92 Å². The van der Waals surface area contributed by atoms with E-state index in [4.69, 9.17) is 21.1 Å². The van der Waals surface area contributed by atoms with Gasteiger partial charge in [0.15, 0.2) is 0 Å². The largest absolute Gasteiger partial charge is 0.497 e. The van der Waals surface area contributed by atoms with E-state index in [0.29, 0.717) is 36.0 Å².